The summed E-state index contributed by atoms with van der Waals surface area (Å²) >= 11 is 1.01. The van der Waals surface area contributed by atoms with E-state index in [9.17, 15) is 14.3 Å². The van der Waals surface area contributed by atoms with Crippen LogP contribution in [0.5, 0.6) is 0 Å². The van der Waals surface area contributed by atoms with Crippen molar-refractivity contribution >= 4 is 45.4 Å². The average molecular weight is 394 g/mol. The molecule has 0 aliphatic carbocycles. The standard InChI is InChI=1S/C18H24BFN2O4S/c1-16(2,3)22(15(23)24)14-21-12-10(8-9-11(20)13(12)27-14)19-25-17(4,5)18(6,7)26-19/h8-9H,1-7H3,(H,23,24). The number of hydrogen-bond donors (Lipinski definition) is 1. The Morgan fingerprint density at radius 3 is 2.26 bits per heavy atom. The van der Waals surface area contributed by atoms with Crippen molar-refractivity contribution < 1.29 is 23.6 Å². The molecule has 9 heteroatoms. The molecule has 0 spiro atoms. The van der Waals surface area contributed by atoms with E-state index in [2.05, 4.69) is 4.98 Å². The fourth-order valence-electron chi connectivity index (χ4n) is 2.90. The highest BCUT2D eigenvalue weighted by Crippen LogP contribution is 2.38. The molecule has 1 aromatic heterocycles. The third-order valence-corrected chi connectivity index (χ3v) is 6.12. The van der Waals surface area contributed by atoms with Gasteiger partial charge >= 0.3 is 13.2 Å². The summed E-state index contributed by atoms with van der Waals surface area (Å²) in [5.41, 5.74) is -0.859. The average Bonchev–Trinajstić information content (AvgIpc) is 2.97. The molecule has 0 radical (unpaired) electrons. The van der Waals surface area contributed by atoms with E-state index in [0.717, 1.165) is 16.2 Å². The Kier molecular flexibility index (Phi) is 4.57. The van der Waals surface area contributed by atoms with Crippen molar-refractivity contribution in [3.05, 3.63) is 17.9 Å². The molecule has 146 valence electrons. The van der Waals surface area contributed by atoms with E-state index in [1.807, 2.05) is 27.7 Å². The van der Waals surface area contributed by atoms with Crippen molar-refractivity contribution in [1.29, 1.82) is 0 Å². The largest absolute Gasteiger partial charge is 0.497 e. The van der Waals surface area contributed by atoms with Gasteiger partial charge in [-0.15, -0.1) is 0 Å². The maximum absolute atomic E-state index is 14.5. The predicted octanol–water partition coefficient (Wildman–Crippen LogP) is 4.02. The van der Waals surface area contributed by atoms with Crippen molar-refractivity contribution in [3.63, 3.8) is 0 Å². The zero-order chi connectivity index (χ0) is 20.4. The number of hydrogen-bond acceptors (Lipinski definition) is 5. The Bertz CT molecular complexity index is 891. The van der Waals surface area contributed by atoms with Gasteiger partial charge in [-0.3, -0.25) is 0 Å². The van der Waals surface area contributed by atoms with Gasteiger partial charge in [-0.2, -0.15) is 0 Å². The molecular formula is C18H24BFN2O4S. The highest BCUT2D eigenvalue weighted by molar-refractivity contribution is 7.22. The quantitative estimate of drug-likeness (QED) is 0.780. The van der Waals surface area contributed by atoms with Crippen LogP contribution in [0.25, 0.3) is 10.2 Å². The third-order valence-electron chi connectivity index (χ3n) is 5.08. The normalized spacial score (nSPS) is 18.9. The summed E-state index contributed by atoms with van der Waals surface area (Å²) in [6.45, 7) is 13.0. The number of halogens is 1. The third kappa shape index (κ3) is 3.32. The lowest BCUT2D eigenvalue weighted by Crippen LogP contribution is -2.45. The van der Waals surface area contributed by atoms with Gasteiger partial charge in [-0.05, 0) is 54.5 Å². The molecule has 0 unspecified atom stereocenters. The number of aromatic nitrogens is 1. The summed E-state index contributed by atoms with van der Waals surface area (Å²) in [6, 6.07) is 2.93. The van der Waals surface area contributed by atoms with Gasteiger partial charge in [0.25, 0.3) is 0 Å². The zero-order valence-corrected chi connectivity index (χ0v) is 17.4. The topological polar surface area (TPSA) is 71.9 Å². The molecule has 3 rings (SSSR count). The molecule has 6 nitrogen and oxygen atoms in total. The van der Waals surface area contributed by atoms with Gasteiger partial charge in [0.1, 0.15) is 5.82 Å². The second-order valence-corrected chi connectivity index (χ2v) is 9.67. The van der Waals surface area contributed by atoms with E-state index >= 15 is 0 Å². The van der Waals surface area contributed by atoms with Crippen LogP contribution < -0.4 is 10.4 Å². The molecule has 2 aromatic rings. The molecule has 1 aliphatic rings. The number of nitrogens with zero attached hydrogens (tertiary/aromatic N) is 2. The van der Waals surface area contributed by atoms with Crippen LogP contribution in [0.1, 0.15) is 48.5 Å². The van der Waals surface area contributed by atoms with Crippen molar-refractivity contribution in [2.75, 3.05) is 4.90 Å². The van der Waals surface area contributed by atoms with Crippen molar-refractivity contribution in [2.45, 2.75) is 65.2 Å². The predicted molar refractivity (Wildman–Crippen MR) is 106 cm³/mol. The molecule has 0 saturated carbocycles. The second-order valence-electron chi connectivity index (χ2n) is 8.69. The number of anilines is 1. The van der Waals surface area contributed by atoms with Gasteiger partial charge in [0.2, 0.25) is 0 Å². The summed E-state index contributed by atoms with van der Waals surface area (Å²) in [5.74, 6) is -0.451. The molecular weight excluding hydrogens is 370 g/mol. The Morgan fingerprint density at radius 2 is 1.78 bits per heavy atom. The lowest BCUT2D eigenvalue weighted by molar-refractivity contribution is 0.00578. The van der Waals surface area contributed by atoms with Crippen LogP contribution >= 0.6 is 11.3 Å². The summed E-state index contributed by atoms with van der Waals surface area (Å²) in [5, 5.41) is 9.84. The van der Waals surface area contributed by atoms with Gasteiger partial charge in [0, 0.05) is 11.0 Å². The highest BCUT2D eigenvalue weighted by Gasteiger charge is 2.52. The molecule has 0 bridgehead atoms. The van der Waals surface area contributed by atoms with Crippen molar-refractivity contribution in [2.24, 2.45) is 0 Å². The molecule has 1 N–H and O–H groups in total. The van der Waals surface area contributed by atoms with E-state index in [1.165, 1.54) is 6.07 Å². The molecule has 1 aromatic carbocycles. The maximum Gasteiger partial charge on any atom is 0.497 e. The summed E-state index contributed by atoms with van der Waals surface area (Å²) in [4.78, 5) is 17.4. The first-order valence-electron chi connectivity index (χ1n) is 8.72. The van der Waals surface area contributed by atoms with E-state index in [0.29, 0.717) is 11.0 Å². The molecule has 27 heavy (non-hydrogen) atoms. The minimum atomic E-state index is -1.14. The van der Waals surface area contributed by atoms with Crippen LogP contribution in [0.15, 0.2) is 12.1 Å². The van der Waals surface area contributed by atoms with E-state index in [4.69, 9.17) is 9.31 Å². The van der Waals surface area contributed by atoms with Crippen LogP contribution in [0.2, 0.25) is 0 Å². The Labute approximate surface area is 162 Å². The monoisotopic (exact) mass is 394 g/mol. The molecule has 0 atom stereocenters. The first-order chi connectivity index (χ1) is 12.2. The molecule has 1 saturated heterocycles. The zero-order valence-electron chi connectivity index (χ0n) is 16.6. The molecule has 1 fully saturated rings. The minimum Gasteiger partial charge on any atom is -0.465 e. The van der Waals surface area contributed by atoms with Gasteiger partial charge in [-0.1, -0.05) is 17.4 Å². The molecule has 1 aliphatic heterocycles. The van der Waals surface area contributed by atoms with Gasteiger partial charge < -0.3 is 14.4 Å². The fourth-order valence-corrected chi connectivity index (χ4v) is 4.08. The van der Waals surface area contributed by atoms with Gasteiger partial charge in [0.15, 0.2) is 5.13 Å². The SMILES string of the molecule is CC(C)(C)N(C(=O)O)c1nc2c(B3OC(C)(C)C(C)(C)O3)ccc(F)c2s1. The number of carbonyl (C=O) groups is 1. The molecule has 2 heterocycles. The minimum absolute atomic E-state index is 0.216. The van der Waals surface area contributed by atoms with Crippen molar-refractivity contribution in [3.8, 4) is 0 Å². The summed E-state index contributed by atoms with van der Waals surface area (Å²) in [6.07, 6.45) is -1.14. The van der Waals surface area contributed by atoms with Crippen LogP contribution in [0.4, 0.5) is 14.3 Å². The first-order valence-corrected chi connectivity index (χ1v) is 9.54. The van der Waals surface area contributed by atoms with E-state index < -0.39 is 35.8 Å². The number of amides is 1. The number of thiazole rings is 1. The highest BCUT2D eigenvalue weighted by atomic mass is 32.1. The number of rotatable bonds is 2. The van der Waals surface area contributed by atoms with E-state index in [1.54, 1.807) is 26.8 Å². The number of benzene rings is 1. The smallest absolute Gasteiger partial charge is 0.465 e. The first kappa shape index (κ1) is 20.0. The van der Waals surface area contributed by atoms with Crippen LogP contribution in [-0.4, -0.2) is 40.0 Å². The summed E-state index contributed by atoms with van der Waals surface area (Å²) in [7, 11) is -0.707. The lowest BCUT2D eigenvalue weighted by Gasteiger charge is -2.32. The summed E-state index contributed by atoms with van der Waals surface area (Å²) < 4.78 is 26.9. The Balaban J connectivity index is 2.14. The molecule has 1 amide bonds. The lowest BCUT2D eigenvalue weighted by atomic mass is 9.78. The number of fused-ring (bicyclic) bond motifs is 1. The van der Waals surface area contributed by atoms with Crippen LogP contribution in [-0.2, 0) is 9.31 Å². The van der Waals surface area contributed by atoms with Crippen LogP contribution in [0.3, 0.4) is 0 Å². The maximum atomic E-state index is 14.5. The Morgan fingerprint density at radius 1 is 1.22 bits per heavy atom. The Hall–Kier alpha value is -1.71. The van der Waals surface area contributed by atoms with Gasteiger partial charge in [-0.25, -0.2) is 19.1 Å². The fraction of sp³-hybridized carbons (Fsp3) is 0.556. The van der Waals surface area contributed by atoms with E-state index in [-0.39, 0.29) is 9.83 Å². The van der Waals surface area contributed by atoms with Gasteiger partial charge in [0.05, 0.1) is 21.4 Å². The number of carboxylic acid groups (broad SMARTS) is 1. The second kappa shape index (κ2) is 6.15. The van der Waals surface area contributed by atoms with Crippen LogP contribution in [0, 0.1) is 5.82 Å². The van der Waals surface area contributed by atoms with Crippen molar-refractivity contribution in [1.82, 2.24) is 4.98 Å².